The Morgan fingerprint density at radius 2 is 1.88 bits per heavy atom. The number of rotatable bonds is 2. The molecule has 0 unspecified atom stereocenters. The molecule has 136 valence electrons. The summed E-state index contributed by atoms with van der Waals surface area (Å²) in [5.41, 5.74) is 0.230. The lowest BCUT2D eigenvalue weighted by Gasteiger charge is -2.24. The van der Waals surface area contributed by atoms with Crippen LogP contribution in [-0.2, 0) is 4.79 Å². The molecule has 3 rings (SSSR count). The largest absolute Gasteiger partial charge is 0.490 e. The minimum Gasteiger partial charge on any atom is -0.490 e. The first-order valence-electron chi connectivity index (χ1n) is 8.00. The van der Waals surface area contributed by atoms with Crippen molar-refractivity contribution in [2.24, 2.45) is 5.41 Å². The second kappa shape index (κ2) is 6.40. The highest BCUT2D eigenvalue weighted by Gasteiger charge is 2.36. The van der Waals surface area contributed by atoms with E-state index in [4.69, 9.17) is 4.74 Å². The van der Waals surface area contributed by atoms with Crippen LogP contribution >= 0.6 is 0 Å². The van der Waals surface area contributed by atoms with Crippen LogP contribution in [0.25, 0.3) is 0 Å². The van der Waals surface area contributed by atoms with Crippen LogP contribution in [-0.4, -0.2) is 25.5 Å². The van der Waals surface area contributed by atoms with Crippen molar-refractivity contribution in [1.82, 2.24) is 0 Å². The van der Waals surface area contributed by atoms with Crippen LogP contribution in [0.15, 0.2) is 36.4 Å². The molecule has 0 spiro atoms. The Morgan fingerprint density at radius 3 is 2.58 bits per heavy atom. The number of fused-ring (bicyclic) bond motifs is 1. The van der Waals surface area contributed by atoms with Gasteiger partial charge in [-0.05, 0) is 50.2 Å². The second-order valence-electron chi connectivity index (χ2n) is 6.80. The van der Waals surface area contributed by atoms with Crippen molar-refractivity contribution in [2.45, 2.75) is 13.8 Å². The number of halogens is 2. The lowest BCUT2D eigenvalue weighted by molar-refractivity contribution is -0.127. The summed E-state index contributed by atoms with van der Waals surface area (Å²) >= 11 is 0. The van der Waals surface area contributed by atoms with E-state index >= 15 is 0 Å². The molecule has 0 fully saturated rings. The third kappa shape index (κ3) is 3.24. The summed E-state index contributed by atoms with van der Waals surface area (Å²) in [4.78, 5) is 26.3. The average Bonchev–Trinajstić information content (AvgIpc) is 2.68. The number of nitrogens with zero attached hydrogens (tertiary/aromatic N) is 1. The summed E-state index contributed by atoms with van der Waals surface area (Å²) in [6, 6.07) is 7.79. The zero-order valence-electron chi connectivity index (χ0n) is 14.6. The molecule has 2 aromatic carbocycles. The third-order valence-electron chi connectivity index (χ3n) is 4.23. The molecule has 5 nitrogen and oxygen atoms in total. The van der Waals surface area contributed by atoms with Crippen molar-refractivity contribution in [2.75, 3.05) is 23.9 Å². The Morgan fingerprint density at radius 1 is 1.15 bits per heavy atom. The van der Waals surface area contributed by atoms with Crippen molar-refractivity contribution < 1.29 is 23.1 Å². The summed E-state index contributed by atoms with van der Waals surface area (Å²) in [5, 5.41) is 2.61. The van der Waals surface area contributed by atoms with Gasteiger partial charge < -0.3 is 15.0 Å². The van der Waals surface area contributed by atoms with E-state index in [2.05, 4.69) is 5.32 Å². The normalized spacial score (nSPS) is 15.7. The number of carbonyl (C=O) groups is 2. The van der Waals surface area contributed by atoms with Crippen LogP contribution in [0.2, 0.25) is 0 Å². The van der Waals surface area contributed by atoms with Gasteiger partial charge in [0.2, 0.25) is 5.91 Å². The monoisotopic (exact) mass is 360 g/mol. The van der Waals surface area contributed by atoms with Gasteiger partial charge in [-0.3, -0.25) is 9.59 Å². The third-order valence-corrected chi connectivity index (χ3v) is 4.23. The molecule has 1 aliphatic heterocycles. The number of benzene rings is 2. The highest BCUT2D eigenvalue weighted by atomic mass is 19.2. The van der Waals surface area contributed by atoms with E-state index in [1.165, 1.54) is 11.0 Å². The Balaban J connectivity index is 1.87. The predicted molar refractivity (Wildman–Crippen MR) is 93.4 cm³/mol. The first kappa shape index (κ1) is 17.8. The molecule has 0 saturated heterocycles. The van der Waals surface area contributed by atoms with Gasteiger partial charge in [-0.25, -0.2) is 8.78 Å². The fraction of sp³-hybridized carbons (Fsp3) is 0.263. The molecule has 0 aliphatic carbocycles. The molecule has 0 saturated carbocycles. The Labute approximate surface area is 149 Å². The molecule has 1 N–H and O–H groups in total. The Hall–Kier alpha value is -2.96. The molecule has 7 heteroatoms. The van der Waals surface area contributed by atoms with E-state index in [9.17, 15) is 18.4 Å². The Kier molecular flexibility index (Phi) is 4.39. The number of hydrogen-bond acceptors (Lipinski definition) is 3. The fourth-order valence-corrected chi connectivity index (χ4v) is 2.70. The van der Waals surface area contributed by atoms with Crippen molar-refractivity contribution >= 4 is 23.2 Å². The summed E-state index contributed by atoms with van der Waals surface area (Å²) in [6.45, 7) is 3.83. The first-order valence-corrected chi connectivity index (χ1v) is 8.00. The zero-order valence-corrected chi connectivity index (χ0v) is 14.6. The van der Waals surface area contributed by atoms with E-state index in [0.29, 0.717) is 17.1 Å². The fourth-order valence-electron chi connectivity index (χ4n) is 2.70. The summed E-state index contributed by atoms with van der Waals surface area (Å²) in [6.07, 6.45) is 0. The molecule has 1 aliphatic rings. The van der Waals surface area contributed by atoms with Gasteiger partial charge in [0.1, 0.15) is 12.4 Å². The maximum absolute atomic E-state index is 13.3. The highest BCUT2D eigenvalue weighted by Crippen LogP contribution is 2.37. The lowest BCUT2D eigenvalue weighted by Crippen LogP contribution is -2.39. The van der Waals surface area contributed by atoms with Crippen molar-refractivity contribution in [1.29, 1.82) is 0 Å². The molecule has 0 bridgehead atoms. The quantitative estimate of drug-likeness (QED) is 0.890. The van der Waals surface area contributed by atoms with Crippen molar-refractivity contribution in [3.8, 4) is 5.75 Å². The van der Waals surface area contributed by atoms with Crippen LogP contribution in [0.3, 0.4) is 0 Å². The van der Waals surface area contributed by atoms with Crippen LogP contribution in [0.4, 0.5) is 20.2 Å². The molecular formula is C19H18F2N2O3. The first-order chi connectivity index (χ1) is 12.2. The average molecular weight is 360 g/mol. The van der Waals surface area contributed by atoms with Gasteiger partial charge in [-0.15, -0.1) is 0 Å². The van der Waals surface area contributed by atoms with Crippen LogP contribution in [0, 0.1) is 17.0 Å². The predicted octanol–water partition coefficient (Wildman–Crippen LogP) is 3.60. The minimum absolute atomic E-state index is 0.0133. The van der Waals surface area contributed by atoms with Gasteiger partial charge in [-0.2, -0.15) is 0 Å². The summed E-state index contributed by atoms with van der Waals surface area (Å²) < 4.78 is 32.0. The van der Waals surface area contributed by atoms with Gasteiger partial charge in [0, 0.05) is 18.3 Å². The minimum atomic E-state index is -1.10. The van der Waals surface area contributed by atoms with E-state index in [1.807, 2.05) is 0 Å². The molecule has 0 aromatic heterocycles. The zero-order chi connectivity index (χ0) is 19.1. The molecule has 2 amide bonds. The van der Waals surface area contributed by atoms with Gasteiger partial charge in [0.05, 0.1) is 11.1 Å². The highest BCUT2D eigenvalue weighted by molar-refractivity contribution is 6.05. The van der Waals surface area contributed by atoms with E-state index in [1.54, 1.807) is 39.1 Å². The van der Waals surface area contributed by atoms with Crippen LogP contribution in [0.5, 0.6) is 5.75 Å². The molecule has 2 aromatic rings. The number of hydrogen-bond donors (Lipinski definition) is 1. The molecular weight excluding hydrogens is 342 g/mol. The number of nitrogens with one attached hydrogen (secondary N) is 1. The maximum Gasteiger partial charge on any atom is 0.255 e. The molecule has 0 atom stereocenters. The lowest BCUT2D eigenvalue weighted by atomic mass is 9.93. The van der Waals surface area contributed by atoms with Crippen LogP contribution in [0.1, 0.15) is 24.2 Å². The van der Waals surface area contributed by atoms with Gasteiger partial charge in [0.15, 0.2) is 11.6 Å². The topological polar surface area (TPSA) is 58.6 Å². The molecule has 0 radical (unpaired) electrons. The van der Waals surface area contributed by atoms with Gasteiger partial charge in [0.25, 0.3) is 5.91 Å². The number of amides is 2. The summed E-state index contributed by atoms with van der Waals surface area (Å²) in [5.74, 6) is -2.29. The van der Waals surface area contributed by atoms with Gasteiger partial charge >= 0.3 is 0 Å². The maximum atomic E-state index is 13.3. The SMILES string of the molecule is CN1C(=O)C(C)(C)COc2ccc(NC(=O)c3ccc(F)c(F)c3)cc21. The number of carbonyl (C=O) groups excluding carboxylic acids is 2. The summed E-state index contributed by atoms with van der Waals surface area (Å²) in [7, 11) is 1.64. The Bertz CT molecular complexity index is 896. The van der Waals surface area contributed by atoms with E-state index in [0.717, 1.165) is 12.1 Å². The van der Waals surface area contributed by atoms with Crippen molar-refractivity contribution in [3.05, 3.63) is 53.6 Å². The van der Waals surface area contributed by atoms with Crippen molar-refractivity contribution in [3.63, 3.8) is 0 Å². The molecule has 26 heavy (non-hydrogen) atoms. The smallest absolute Gasteiger partial charge is 0.255 e. The van der Waals surface area contributed by atoms with Gasteiger partial charge in [-0.1, -0.05) is 0 Å². The standard InChI is InChI=1S/C19H18F2N2O3/c1-19(2)10-26-16-7-5-12(9-15(16)23(3)18(19)25)22-17(24)11-4-6-13(20)14(21)8-11/h4-9H,10H2,1-3H3,(H,22,24). The second-order valence-corrected chi connectivity index (χ2v) is 6.80. The van der Waals surface area contributed by atoms with E-state index in [-0.39, 0.29) is 18.1 Å². The van der Waals surface area contributed by atoms with Crippen LogP contribution < -0.4 is 15.0 Å². The number of anilines is 2. The van der Waals surface area contributed by atoms with E-state index < -0.39 is 23.0 Å². The molecule has 1 heterocycles. The number of ether oxygens (including phenoxy) is 1.